The van der Waals surface area contributed by atoms with E-state index < -0.39 is 12.0 Å². The number of hydrogen-bond donors (Lipinski definition) is 3. The van der Waals surface area contributed by atoms with Crippen LogP contribution in [-0.4, -0.2) is 52.4 Å². The molecule has 0 saturated carbocycles. The Labute approximate surface area is 96.7 Å². The maximum Gasteiger partial charge on any atom is 0.325 e. The first-order chi connectivity index (χ1) is 8.11. The van der Waals surface area contributed by atoms with Gasteiger partial charge in [0.15, 0.2) is 5.82 Å². The van der Waals surface area contributed by atoms with Gasteiger partial charge in [-0.05, 0) is 0 Å². The highest BCUT2D eigenvalue weighted by Crippen LogP contribution is 1.99. The zero-order valence-corrected chi connectivity index (χ0v) is 9.21. The van der Waals surface area contributed by atoms with Crippen molar-refractivity contribution in [2.45, 2.75) is 6.54 Å². The Balaban J connectivity index is 2.38. The summed E-state index contributed by atoms with van der Waals surface area (Å²) in [5.41, 5.74) is 0. The number of carboxylic acid groups (broad SMARTS) is 1. The van der Waals surface area contributed by atoms with E-state index in [0.717, 1.165) is 4.68 Å². The van der Waals surface area contributed by atoms with E-state index in [0.29, 0.717) is 13.2 Å². The first kappa shape index (κ1) is 12.9. The van der Waals surface area contributed by atoms with E-state index in [4.69, 9.17) is 9.84 Å². The highest BCUT2D eigenvalue weighted by atomic mass is 16.5. The Bertz CT molecular complexity index is 391. The topological polar surface area (TPSA) is 118 Å². The molecular formula is C8H13N5O4. The summed E-state index contributed by atoms with van der Waals surface area (Å²) in [4.78, 5) is 21.6. The highest BCUT2D eigenvalue weighted by Gasteiger charge is 2.06. The van der Waals surface area contributed by atoms with Gasteiger partial charge in [0, 0.05) is 13.7 Å². The molecule has 1 aromatic rings. The number of carbonyl (C=O) groups excluding carboxylic acids is 1. The van der Waals surface area contributed by atoms with Crippen molar-refractivity contribution in [2.75, 3.05) is 25.6 Å². The molecule has 0 spiro atoms. The summed E-state index contributed by atoms with van der Waals surface area (Å²) in [6.07, 6.45) is 1.32. The number of amides is 2. The Kier molecular flexibility index (Phi) is 4.88. The second kappa shape index (κ2) is 6.43. The molecule has 1 rings (SSSR count). The third-order valence-electron chi connectivity index (χ3n) is 1.67. The number of urea groups is 1. The summed E-state index contributed by atoms with van der Waals surface area (Å²) in [5.74, 6) is -0.854. The van der Waals surface area contributed by atoms with Gasteiger partial charge in [0.05, 0.1) is 12.8 Å². The predicted octanol–water partition coefficient (Wildman–Crippen LogP) is -0.869. The second-order valence-corrected chi connectivity index (χ2v) is 3.07. The number of rotatable bonds is 6. The lowest BCUT2D eigenvalue weighted by molar-refractivity contribution is -0.137. The van der Waals surface area contributed by atoms with Gasteiger partial charge in [0.1, 0.15) is 6.54 Å². The fourth-order valence-corrected chi connectivity index (χ4v) is 0.999. The zero-order valence-electron chi connectivity index (χ0n) is 9.21. The van der Waals surface area contributed by atoms with Crippen LogP contribution >= 0.6 is 0 Å². The minimum absolute atomic E-state index is 0.182. The standard InChI is InChI=1S/C8H13N5O4/c1-17-3-2-9-8(16)10-6-4-13(12-11-6)5-7(14)15/h4H,2-3,5H2,1H3,(H,14,15)(H2,9,10,16). The van der Waals surface area contributed by atoms with Gasteiger partial charge in [-0.15, -0.1) is 5.10 Å². The lowest BCUT2D eigenvalue weighted by Crippen LogP contribution is -2.31. The minimum atomic E-state index is -1.04. The van der Waals surface area contributed by atoms with E-state index in [1.54, 1.807) is 0 Å². The van der Waals surface area contributed by atoms with Crippen molar-refractivity contribution in [3.8, 4) is 0 Å². The molecule has 0 saturated heterocycles. The van der Waals surface area contributed by atoms with Gasteiger partial charge in [0.2, 0.25) is 0 Å². The number of ether oxygens (including phenoxy) is 1. The Morgan fingerprint density at radius 1 is 1.59 bits per heavy atom. The molecule has 94 valence electrons. The van der Waals surface area contributed by atoms with Crippen molar-refractivity contribution in [1.82, 2.24) is 20.3 Å². The first-order valence-corrected chi connectivity index (χ1v) is 4.77. The average molecular weight is 243 g/mol. The monoisotopic (exact) mass is 243 g/mol. The summed E-state index contributed by atoms with van der Waals surface area (Å²) in [6, 6.07) is -0.454. The molecule has 17 heavy (non-hydrogen) atoms. The van der Waals surface area contributed by atoms with Crippen molar-refractivity contribution >= 4 is 17.8 Å². The largest absolute Gasteiger partial charge is 0.480 e. The van der Waals surface area contributed by atoms with Gasteiger partial charge in [-0.2, -0.15) is 0 Å². The number of methoxy groups -OCH3 is 1. The highest BCUT2D eigenvalue weighted by molar-refractivity contribution is 5.87. The molecule has 2 amide bonds. The molecule has 0 aliphatic carbocycles. The third-order valence-corrected chi connectivity index (χ3v) is 1.67. The fraction of sp³-hybridized carbons (Fsp3) is 0.500. The molecule has 0 unspecified atom stereocenters. The van der Waals surface area contributed by atoms with Crippen molar-refractivity contribution in [3.05, 3.63) is 6.20 Å². The lowest BCUT2D eigenvalue weighted by atomic mass is 10.6. The molecule has 1 aromatic heterocycles. The third kappa shape index (κ3) is 4.93. The van der Waals surface area contributed by atoms with Crippen LogP contribution in [0.4, 0.5) is 10.6 Å². The minimum Gasteiger partial charge on any atom is -0.480 e. The summed E-state index contributed by atoms with van der Waals surface area (Å²) in [7, 11) is 1.52. The summed E-state index contributed by atoms with van der Waals surface area (Å²) < 4.78 is 5.85. The van der Waals surface area contributed by atoms with Crippen molar-refractivity contribution in [2.24, 2.45) is 0 Å². The number of nitrogens with zero attached hydrogens (tertiary/aromatic N) is 3. The molecule has 9 nitrogen and oxygen atoms in total. The SMILES string of the molecule is COCCNC(=O)Nc1cn(CC(=O)O)nn1. The van der Waals surface area contributed by atoms with Crippen LogP contribution < -0.4 is 10.6 Å². The number of nitrogens with one attached hydrogen (secondary N) is 2. The summed E-state index contributed by atoms with van der Waals surface area (Å²) in [5, 5.41) is 20.5. The number of aliphatic carboxylic acids is 1. The molecule has 9 heteroatoms. The van der Waals surface area contributed by atoms with Crippen LogP contribution in [0.5, 0.6) is 0 Å². The van der Waals surface area contributed by atoms with Gasteiger partial charge < -0.3 is 15.2 Å². The number of carbonyl (C=O) groups is 2. The smallest absolute Gasteiger partial charge is 0.325 e. The van der Waals surface area contributed by atoms with E-state index in [1.807, 2.05) is 0 Å². The van der Waals surface area contributed by atoms with Crippen LogP contribution in [-0.2, 0) is 16.1 Å². The molecule has 0 bridgehead atoms. The normalized spacial score (nSPS) is 9.94. The fourth-order valence-electron chi connectivity index (χ4n) is 0.999. The van der Waals surface area contributed by atoms with Gasteiger partial charge in [-0.25, -0.2) is 9.48 Å². The van der Waals surface area contributed by atoms with E-state index in [-0.39, 0.29) is 12.4 Å². The van der Waals surface area contributed by atoms with Crippen LogP contribution in [0.2, 0.25) is 0 Å². The second-order valence-electron chi connectivity index (χ2n) is 3.07. The number of anilines is 1. The van der Waals surface area contributed by atoms with Crippen LogP contribution in [0.15, 0.2) is 6.20 Å². The van der Waals surface area contributed by atoms with Gasteiger partial charge >= 0.3 is 12.0 Å². The van der Waals surface area contributed by atoms with E-state index in [9.17, 15) is 9.59 Å². The maximum atomic E-state index is 11.2. The molecule has 0 aliphatic heterocycles. The Morgan fingerprint density at radius 3 is 3.00 bits per heavy atom. The van der Waals surface area contributed by atoms with Gasteiger partial charge in [-0.1, -0.05) is 5.21 Å². The molecule has 1 heterocycles. The quantitative estimate of drug-likeness (QED) is 0.559. The van der Waals surface area contributed by atoms with E-state index in [2.05, 4.69) is 20.9 Å². The molecule has 0 radical (unpaired) electrons. The summed E-state index contributed by atoms with van der Waals surface area (Å²) >= 11 is 0. The van der Waals surface area contributed by atoms with Crippen LogP contribution in [0.3, 0.4) is 0 Å². The predicted molar refractivity (Wildman–Crippen MR) is 56.6 cm³/mol. The molecule has 3 N–H and O–H groups in total. The Hall–Kier alpha value is -2.16. The van der Waals surface area contributed by atoms with Crippen LogP contribution in [0, 0.1) is 0 Å². The Morgan fingerprint density at radius 2 is 2.35 bits per heavy atom. The lowest BCUT2D eigenvalue weighted by Gasteiger charge is -2.03. The maximum absolute atomic E-state index is 11.2. The molecule has 0 aliphatic rings. The number of carboxylic acids is 1. The molecule has 0 fully saturated rings. The zero-order chi connectivity index (χ0) is 12.7. The van der Waals surface area contributed by atoms with Crippen molar-refractivity contribution < 1.29 is 19.4 Å². The van der Waals surface area contributed by atoms with Gasteiger partial charge in [0.25, 0.3) is 0 Å². The van der Waals surface area contributed by atoms with Crippen molar-refractivity contribution in [1.29, 1.82) is 0 Å². The van der Waals surface area contributed by atoms with E-state index in [1.165, 1.54) is 13.3 Å². The van der Waals surface area contributed by atoms with Crippen LogP contribution in [0.25, 0.3) is 0 Å². The molecule has 0 aromatic carbocycles. The van der Waals surface area contributed by atoms with Crippen molar-refractivity contribution in [3.63, 3.8) is 0 Å². The number of aromatic nitrogens is 3. The number of hydrogen-bond acceptors (Lipinski definition) is 5. The molecule has 0 atom stereocenters. The summed E-state index contributed by atoms with van der Waals surface area (Å²) in [6.45, 7) is 0.463. The first-order valence-electron chi connectivity index (χ1n) is 4.77. The van der Waals surface area contributed by atoms with Gasteiger partial charge in [-0.3, -0.25) is 10.1 Å². The average Bonchev–Trinajstić information content (AvgIpc) is 2.64. The molecular weight excluding hydrogens is 230 g/mol. The van der Waals surface area contributed by atoms with E-state index >= 15 is 0 Å². The van der Waals surface area contributed by atoms with Crippen LogP contribution in [0.1, 0.15) is 0 Å².